The van der Waals surface area contributed by atoms with E-state index >= 15 is 0 Å². The highest BCUT2D eigenvalue weighted by Gasteiger charge is 2.12. The third-order valence-electron chi connectivity index (χ3n) is 3.39. The van der Waals surface area contributed by atoms with Crippen LogP contribution < -0.4 is 11.5 Å². The van der Waals surface area contributed by atoms with Gasteiger partial charge in [-0.05, 0) is 29.2 Å². The van der Waals surface area contributed by atoms with Gasteiger partial charge in [-0.15, -0.1) is 0 Å². The molecule has 0 aliphatic carbocycles. The van der Waals surface area contributed by atoms with Crippen molar-refractivity contribution in [3.8, 4) is 11.1 Å². The average molecular weight is 240 g/mol. The number of hydrogen-bond acceptors (Lipinski definition) is 2. The minimum atomic E-state index is 0.0137. The monoisotopic (exact) mass is 240 g/mol. The van der Waals surface area contributed by atoms with Gasteiger partial charge in [0, 0.05) is 6.04 Å². The Morgan fingerprint density at radius 2 is 1.44 bits per heavy atom. The summed E-state index contributed by atoms with van der Waals surface area (Å²) in [6.45, 7) is 2.69. The van der Waals surface area contributed by atoms with Gasteiger partial charge in [0.2, 0.25) is 0 Å². The summed E-state index contributed by atoms with van der Waals surface area (Å²) >= 11 is 0. The Balaban J connectivity index is 2.20. The topological polar surface area (TPSA) is 52.0 Å². The second kappa shape index (κ2) is 5.80. The number of rotatable bonds is 4. The fourth-order valence-corrected chi connectivity index (χ4v) is 2.00. The zero-order valence-corrected chi connectivity index (χ0v) is 10.7. The van der Waals surface area contributed by atoms with Crippen LogP contribution in [0.4, 0.5) is 0 Å². The summed E-state index contributed by atoms with van der Waals surface area (Å²) in [5, 5.41) is 0. The van der Waals surface area contributed by atoms with Crippen LogP contribution in [0.25, 0.3) is 11.1 Å². The predicted molar refractivity (Wildman–Crippen MR) is 77.0 cm³/mol. The first kappa shape index (κ1) is 12.8. The first-order valence-electron chi connectivity index (χ1n) is 6.33. The summed E-state index contributed by atoms with van der Waals surface area (Å²) in [6, 6.07) is 18.8. The van der Waals surface area contributed by atoms with Crippen LogP contribution in [0.15, 0.2) is 54.6 Å². The molecule has 2 rings (SSSR count). The van der Waals surface area contributed by atoms with Crippen molar-refractivity contribution in [2.75, 3.05) is 6.54 Å². The van der Waals surface area contributed by atoms with Crippen molar-refractivity contribution in [3.05, 3.63) is 60.2 Å². The van der Waals surface area contributed by atoms with E-state index in [1.54, 1.807) is 0 Å². The first-order chi connectivity index (χ1) is 8.72. The Hall–Kier alpha value is -1.64. The standard InChI is InChI=1S/C16H20N2/c1-12(11-17)16(18)15-9-7-14(8-10-15)13-5-3-2-4-6-13/h2-10,12,16H,11,17-18H2,1H3. The molecule has 2 atom stereocenters. The van der Waals surface area contributed by atoms with E-state index in [9.17, 15) is 0 Å². The lowest BCUT2D eigenvalue weighted by Gasteiger charge is -2.18. The molecule has 0 saturated carbocycles. The van der Waals surface area contributed by atoms with E-state index in [1.165, 1.54) is 11.1 Å². The van der Waals surface area contributed by atoms with Gasteiger partial charge in [0.15, 0.2) is 0 Å². The van der Waals surface area contributed by atoms with Gasteiger partial charge in [-0.25, -0.2) is 0 Å². The normalized spacial score (nSPS) is 14.2. The quantitative estimate of drug-likeness (QED) is 0.863. The molecule has 0 saturated heterocycles. The molecule has 2 heteroatoms. The number of nitrogens with two attached hydrogens (primary N) is 2. The van der Waals surface area contributed by atoms with Crippen LogP contribution in [0.5, 0.6) is 0 Å². The molecule has 94 valence electrons. The highest BCUT2D eigenvalue weighted by Crippen LogP contribution is 2.23. The van der Waals surface area contributed by atoms with E-state index in [0.717, 1.165) is 5.56 Å². The molecule has 0 heterocycles. The molecule has 0 aromatic heterocycles. The first-order valence-corrected chi connectivity index (χ1v) is 6.33. The van der Waals surface area contributed by atoms with Crippen molar-refractivity contribution in [1.82, 2.24) is 0 Å². The molecule has 0 spiro atoms. The molecule has 0 fully saturated rings. The molecule has 0 radical (unpaired) electrons. The van der Waals surface area contributed by atoms with Gasteiger partial charge in [0.05, 0.1) is 0 Å². The maximum atomic E-state index is 6.16. The van der Waals surface area contributed by atoms with E-state index < -0.39 is 0 Å². The molecule has 2 aromatic carbocycles. The van der Waals surface area contributed by atoms with Crippen LogP contribution >= 0.6 is 0 Å². The molecule has 18 heavy (non-hydrogen) atoms. The molecule has 0 amide bonds. The molecule has 2 unspecified atom stereocenters. The van der Waals surface area contributed by atoms with Gasteiger partial charge in [-0.2, -0.15) is 0 Å². The summed E-state index contributed by atoms with van der Waals surface area (Å²) < 4.78 is 0. The highest BCUT2D eigenvalue weighted by atomic mass is 14.7. The summed E-state index contributed by atoms with van der Waals surface area (Å²) in [7, 11) is 0. The van der Waals surface area contributed by atoms with E-state index in [2.05, 4.69) is 43.3 Å². The van der Waals surface area contributed by atoms with Crippen molar-refractivity contribution < 1.29 is 0 Å². The Morgan fingerprint density at radius 3 is 2.00 bits per heavy atom. The van der Waals surface area contributed by atoms with Crippen LogP contribution in [0, 0.1) is 5.92 Å². The van der Waals surface area contributed by atoms with Gasteiger partial charge in [0.1, 0.15) is 0 Å². The van der Waals surface area contributed by atoms with Gasteiger partial charge in [0.25, 0.3) is 0 Å². The zero-order valence-electron chi connectivity index (χ0n) is 10.7. The largest absolute Gasteiger partial charge is 0.330 e. The van der Waals surface area contributed by atoms with Gasteiger partial charge < -0.3 is 11.5 Å². The van der Waals surface area contributed by atoms with E-state index in [-0.39, 0.29) is 6.04 Å². The zero-order chi connectivity index (χ0) is 13.0. The lowest BCUT2D eigenvalue weighted by molar-refractivity contribution is 0.481. The van der Waals surface area contributed by atoms with Crippen LogP contribution in [-0.2, 0) is 0 Å². The Kier molecular flexibility index (Phi) is 4.13. The third kappa shape index (κ3) is 2.78. The fourth-order valence-electron chi connectivity index (χ4n) is 2.00. The van der Waals surface area contributed by atoms with Gasteiger partial charge in [-0.3, -0.25) is 0 Å². The maximum Gasteiger partial charge on any atom is 0.0332 e. The van der Waals surface area contributed by atoms with Gasteiger partial charge >= 0.3 is 0 Å². The fraction of sp³-hybridized carbons (Fsp3) is 0.250. The highest BCUT2D eigenvalue weighted by molar-refractivity contribution is 5.63. The van der Waals surface area contributed by atoms with Crippen LogP contribution in [0.2, 0.25) is 0 Å². The van der Waals surface area contributed by atoms with E-state index in [0.29, 0.717) is 12.5 Å². The Labute approximate surface area is 109 Å². The molecular weight excluding hydrogens is 220 g/mol. The number of hydrogen-bond donors (Lipinski definition) is 2. The Morgan fingerprint density at radius 1 is 0.889 bits per heavy atom. The molecule has 2 nitrogen and oxygen atoms in total. The van der Waals surface area contributed by atoms with Crippen LogP contribution in [0.1, 0.15) is 18.5 Å². The summed E-state index contributed by atoms with van der Waals surface area (Å²) in [6.07, 6.45) is 0. The van der Waals surface area contributed by atoms with E-state index in [4.69, 9.17) is 11.5 Å². The summed E-state index contributed by atoms with van der Waals surface area (Å²) in [4.78, 5) is 0. The smallest absolute Gasteiger partial charge is 0.0332 e. The molecule has 4 N–H and O–H groups in total. The third-order valence-corrected chi connectivity index (χ3v) is 3.39. The lowest BCUT2D eigenvalue weighted by atomic mass is 9.94. The van der Waals surface area contributed by atoms with Crippen LogP contribution in [0.3, 0.4) is 0 Å². The minimum absolute atomic E-state index is 0.0137. The molecule has 0 aliphatic rings. The second-order valence-corrected chi connectivity index (χ2v) is 4.73. The lowest BCUT2D eigenvalue weighted by Crippen LogP contribution is -2.25. The predicted octanol–water partition coefficient (Wildman–Crippen LogP) is 2.95. The summed E-state index contributed by atoms with van der Waals surface area (Å²) in [5.41, 5.74) is 15.4. The van der Waals surface area contributed by atoms with Crippen molar-refractivity contribution in [1.29, 1.82) is 0 Å². The SMILES string of the molecule is CC(CN)C(N)c1ccc(-c2ccccc2)cc1. The van der Waals surface area contributed by atoms with Crippen molar-refractivity contribution in [3.63, 3.8) is 0 Å². The number of benzene rings is 2. The van der Waals surface area contributed by atoms with Crippen molar-refractivity contribution in [2.24, 2.45) is 17.4 Å². The van der Waals surface area contributed by atoms with E-state index in [1.807, 2.05) is 18.2 Å². The molecule has 0 aliphatic heterocycles. The second-order valence-electron chi connectivity index (χ2n) is 4.73. The summed E-state index contributed by atoms with van der Waals surface area (Å²) in [5.74, 6) is 0.299. The minimum Gasteiger partial charge on any atom is -0.330 e. The average Bonchev–Trinajstić information content (AvgIpc) is 2.47. The van der Waals surface area contributed by atoms with Crippen molar-refractivity contribution in [2.45, 2.75) is 13.0 Å². The molecule has 2 aromatic rings. The molecular formula is C16H20N2. The molecule has 0 bridgehead atoms. The van der Waals surface area contributed by atoms with Crippen molar-refractivity contribution >= 4 is 0 Å². The van der Waals surface area contributed by atoms with Crippen LogP contribution in [-0.4, -0.2) is 6.54 Å². The Bertz CT molecular complexity index is 476. The van der Waals surface area contributed by atoms with Gasteiger partial charge in [-0.1, -0.05) is 61.5 Å². The maximum absolute atomic E-state index is 6.16.